The van der Waals surface area contributed by atoms with Crippen LogP contribution >= 0.6 is 0 Å². The quantitative estimate of drug-likeness (QED) is 0.813. The molecule has 1 atom stereocenters. The molecule has 2 heteroatoms. The molecular formula is C15H30N2. The average molecular weight is 238 g/mol. The monoisotopic (exact) mass is 238 g/mol. The standard InChI is InChI=1S/C15H30N2/c1-6-8-12-11-17(10-7-9-16-12)13-14(2,3)15(13,4)5/h12-13,16H,6-11H2,1-5H3. The summed E-state index contributed by atoms with van der Waals surface area (Å²) in [6.45, 7) is 15.8. The van der Waals surface area contributed by atoms with E-state index in [0.717, 1.165) is 12.1 Å². The first-order valence-corrected chi connectivity index (χ1v) is 7.38. The van der Waals surface area contributed by atoms with Gasteiger partial charge in [0.05, 0.1) is 0 Å². The lowest BCUT2D eigenvalue weighted by molar-refractivity contribution is 0.217. The second kappa shape index (κ2) is 4.55. The molecule has 0 spiro atoms. The van der Waals surface area contributed by atoms with Crippen LogP contribution in [0, 0.1) is 10.8 Å². The van der Waals surface area contributed by atoms with Crippen molar-refractivity contribution < 1.29 is 0 Å². The zero-order chi connectivity index (χ0) is 12.7. The van der Waals surface area contributed by atoms with E-state index in [0.29, 0.717) is 10.8 Å². The molecule has 100 valence electrons. The first-order chi connectivity index (χ1) is 7.91. The highest BCUT2D eigenvalue weighted by Gasteiger charge is 2.66. The van der Waals surface area contributed by atoms with E-state index in [9.17, 15) is 0 Å². The van der Waals surface area contributed by atoms with Crippen LogP contribution < -0.4 is 5.32 Å². The average Bonchev–Trinajstić information content (AvgIpc) is 2.73. The topological polar surface area (TPSA) is 15.3 Å². The predicted octanol–water partition coefficient (Wildman–Crippen LogP) is 2.89. The van der Waals surface area contributed by atoms with Crippen LogP contribution in [-0.4, -0.2) is 36.6 Å². The number of hydrogen-bond donors (Lipinski definition) is 1. The van der Waals surface area contributed by atoms with Crippen LogP contribution in [0.1, 0.15) is 53.9 Å². The van der Waals surface area contributed by atoms with Crippen LogP contribution in [0.2, 0.25) is 0 Å². The Bertz CT molecular complexity index is 256. The minimum atomic E-state index is 0.494. The van der Waals surface area contributed by atoms with Gasteiger partial charge in [0.1, 0.15) is 0 Å². The second-order valence-corrected chi connectivity index (χ2v) is 7.13. The van der Waals surface area contributed by atoms with Crippen molar-refractivity contribution in [1.29, 1.82) is 0 Å². The van der Waals surface area contributed by atoms with E-state index in [2.05, 4.69) is 44.8 Å². The Morgan fingerprint density at radius 3 is 2.35 bits per heavy atom. The summed E-state index contributed by atoms with van der Waals surface area (Å²) < 4.78 is 0. The molecule has 1 N–H and O–H groups in total. The molecule has 0 aromatic carbocycles. The highest BCUT2D eigenvalue weighted by Crippen LogP contribution is 2.65. The molecule has 1 saturated carbocycles. The van der Waals surface area contributed by atoms with Gasteiger partial charge in [-0.05, 0) is 36.8 Å². The van der Waals surface area contributed by atoms with Crippen molar-refractivity contribution >= 4 is 0 Å². The van der Waals surface area contributed by atoms with Gasteiger partial charge in [-0.3, -0.25) is 4.90 Å². The van der Waals surface area contributed by atoms with Crippen LogP contribution in [0.3, 0.4) is 0 Å². The lowest BCUT2D eigenvalue weighted by Gasteiger charge is -2.26. The molecule has 0 bridgehead atoms. The molecule has 2 fully saturated rings. The maximum Gasteiger partial charge on any atom is 0.0210 e. The minimum Gasteiger partial charge on any atom is -0.313 e. The molecule has 0 radical (unpaired) electrons. The third kappa shape index (κ3) is 2.26. The Hall–Kier alpha value is -0.0800. The lowest BCUT2D eigenvalue weighted by Crippen LogP contribution is -2.40. The number of hydrogen-bond acceptors (Lipinski definition) is 2. The van der Waals surface area contributed by atoms with E-state index < -0.39 is 0 Å². The van der Waals surface area contributed by atoms with E-state index in [1.165, 1.54) is 38.9 Å². The molecule has 17 heavy (non-hydrogen) atoms. The van der Waals surface area contributed by atoms with E-state index >= 15 is 0 Å². The van der Waals surface area contributed by atoms with Gasteiger partial charge in [-0.1, -0.05) is 41.0 Å². The molecule has 1 aliphatic heterocycles. The Kier molecular flexibility index (Phi) is 3.57. The normalized spacial score (nSPS) is 33.4. The highest BCUT2D eigenvalue weighted by molar-refractivity contribution is 5.18. The van der Waals surface area contributed by atoms with Gasteiger partial charge in [-0.25, -0.2) is 0 Å². The maximum atomic E-state index is 3.71. The molecule has 2 aliphatic rings. The fraction of sp³-hybridized carbons (Fsp3) is 1.00. The number of nitrogens with one attached hydrogen (secondary N) is 1. The molecule has 0 aromatic heterocycles. The molecule has 1 saturated heterocycles. The second-order valence-electron chi connectivity index (χ2n) is 7.13. The van der Waals surface area contributed by atoms with Crippen molar-refractivity contribution in [3.63, 3.8) is 0 Å². The first-order valence-electron chi connectivity index (χ1n) is 7.38. The van der Waals surface area contributed by atoms with Crippen LogP contribution in [-0.2, 0) is 0 Å². The predicted molar refractivity (Wildman–Crippen MR) is 74.2 cm³/mol. The molecule has 0 amide bonds. The number of nitrogens with zero attached hydrogens (tertiary/aromatic N) is 1. The Morgan fingerprint density at radius 2 is 1.82 bits per heavy atom. The van der Waals surface area contributed by atoms with Gasteiger partial charge in [0, 0.05) is 18.6 Å². The van der Waals surface area contributed by atoms with Crippen LogP contribution in [0.5, 0.6) is 0 Å². The van der Waals surface area contributed by atoms with Crippen LogP contribution in [0.25, 0.3) is 0 Å². The van der Waals surface area contributed by atoms with E-state index in [-0.39, 0.29) is 0 Å². The van der Waals surface area contributed by atoms with Crippen molar-refractivity contribution in [3.05, 3.63) is 0 Å². The maximum absolute atomic E-state index is 3.71. The minimum absolute atomic E-state index is 0.494. The molecule has 1 unspecified atom stereocenters. The van der Waals surface area contributed by atoms with Crippen molar-refractivity contribution in [2.75, 3.05) is 19.6 Å². The fourth-order valence-electron chi connectivity index (χ4n) is 3.88. The summed E-state index contributed by atoms with van der Waals surface area (Å²) in [6, 6.07) is 1.50. The summed E-state index contributed by atoms with van der Waals surface area (Å²) in [5.41, 5.74) is 0.988. The third-order valence-corrected chi connectivity index (χ3v) is 5.46. The summed E-state index contributed by atoms with van der Waals surface area (Å²) in [5, 5.41) is 3.71. The number of rotatable bonds is 3. The Balaban J connectivity index is 2.01. The van der Waals surface area contributed by atoms with Gasteiger partial charge in [0.25, 0.3) is 0 Å². The summed E-state index contributed by atoms with van der Waals surface area (Å²) >= 11 is 0. The van der Waals surface area contributed by atoms with Crippen LogP contribution in [0.4, 0.5) is 0 Å². The van der Waals surface area contributed by atoms with Gasteiger partial charge >= 0.3 is 0 Å². The van der Waals surface area contributed by atoms with E-state index in [1.807, 2.05) is 0 Å². The van der Waals surface area contributed by atoms with Gasteiger partial charge in [-0.2, -0.15) is 0 Å². The summed E-state index contributed by atoms with van der Waals surface area (Å²) in [4.78, 5) is 2.76. The van der Waals surface area contributed by atoms with E-state index in [1.54, 1.807) is 0 Å². The molecule has 1 aliphatic carbocycles. The molecular weight excluding hydrogens is 208 g/mol. The Morgan fingerprint density at radius 1 is 1.18 bits per heavy atom. The summed E-state index contributed by atoms with van der Waals surface area (Å²) in [5.74, 6) is 0. The molecule has 0 aromatic rings. The summed E-state index contributed by atoms with van der Waals surface area (Å²) in [7, 11) is 0. The smallest absolute Gasteiger partial charge is 0.0210 e. The summed E-state index contributed by atoms with van der Waals surface area (Å²) in [6.07, 6.45) is 3.93. The fourth-order valence-corrected chi connectivity index (χ4v) is 3.88. The zero-order valence-electron chi connectivity index (χ0n) is 12.3. The zero-order valence-corrected chi connectivity index (χ0v) is 12.3. The Labute approximate surface area is 107 Å². The SMILES string of the molecule is CCCC1CN(C2C(C)(C)C2(C)C)CCCN1. The van der Waals surface area contributed by atoms with E-state index in [4.69, 9.17) is 0 Å². The first kappa shape index (κ1) is 13.4. The van der Waals surface area contributed by atoms with Gasteiger partial charge in [0.2, 0.25) is 0 Å². The van der Waals surface area contributed by atoms with Gasteiger partial charge in [-0.15, -0.1) is 0 Å². The highest BCUT2D eigenvalue weighted by atomic mass is 15.3. The molecule has 2 rings (SSSR count). The third-order valence-electron chi connectivity index (χ3n) is 5.46. The molecule has 1 heterocycles. The molecule has 2 nitrogen and oxygen atoms in total. The van der Waals surface area contributed by atoms with Crippen molar-refractivity contribution in [2.45, 2.75) is 66.0 Å². The van der Waals surface area contributed by atoms with Crippen molar-refractivity contribution in [1.82, 2.24) is 10.2 Å². The lowest BCUT2D eigenvalue weighted by atomic mass is 10.0. The van der Waals surface area contributed by atoms with Gasteiger partial charge in [0.15, 0.2) is 0 Å². The van der Waals surface area contributed by atoms with Crippen LogP contribution in [0.15, 0.2) is 0 Å². The van der Waals surface area contributed by atoms with Crippen molar-refractivity contribution in [3.8, 4) is 0 Å². The largest absolute Gasteiger partial charge is 0.313 e. The van der Waals surface area contributed by atoms with Gasteiger partial charge < -0.3 is 5.32 Å². The van der Waals surface area contributed by atoms with Crippen molar-refractivity contribution in [2.24, 2.45) is 10.8 Å².